The second-order valence-corrected chi connectivity index (χ2v) is 15.9. The first kappa shape index (κ1) is 39.9. The molecule has 10 nitrogen and oxygen atoms in total. The Bertz CT molecular complexity index is 2220. The van der Waals surface area contributed by atoms with Gasteiger partial charge < -0.3 is 34.2 Å². The molecule has 306 valence electrons. The Labute approximate surface area is 340 Å². The van der Waals surface area contributed by atoms with Gasteiger partial charge in [-0.3, -0.25) is 0 Å². The molecule has 3 atom stereocenters. The van der Waals surface area contributed by atoms with Gasteiger partial charge in [0.05, 0.1) is 36.1 Å². The number of hydrogen-bond acceptors (Lipinski definition) is 10. The fourth-order valence-electron chi connectivity index (χ4n) is 8.49. The molecule has 15 heteroatoms. The molecule has 0 saturated carbocycles. The number of piperazine rings is 1. The van der Waals surface area contributed by atoms with E-state index in [0.29, 0.717) is 35.8 Å². The predicted octanol–water partition coefficient (Wildman–Crippen LogP) is 8.45. The molecule has 58 heavy (non-hydrogen) atoms. The van der Waals surface area contributed by atoms with E-state index >= 15 is 17.6 Å². The SMILES string of the molecule is COc1ccc(CN(Cc2ccc(OC)cc2)c2cc(C)c(C(F)(F)F)c(-c3c(Cl)cc4c(N5CC6CCC(C5)N6)nc(OC[C@@H]5CCCN5C)nc4c3F)n2)cc1. The molecule has 8 rings (SSSR count). The van der Waals surface area contributed by atoms with Crippen molar-refractivity contribution >= 4 is 34.1 Å². The number of fused-ring (bicyclic) bond motifs is 3. The molecular formula is C43H46ClF4N7O3. The molecule has 5 aromatic rings. The highest BCUT2D eigenvalue weighted by Gasteiger charge is 2.40. The lowest BCUT2D eigenvalue weighted by Gasteiger charge is -2.34. The van der Waals surface area contributed by atoms with Gasteiger partial charge >= 0.3 is 12.2 Å². The summed E-state index contributed by atoms with van der Waals surface area (Å²) in [7, 11) is 5.17. The molecule has 2 unspecified atom stereocenters. The normalized spacial score (nSPS) is 19.5. The Morgan fingerprint density at radius 3 is 2.05 bits per heavy atom. The zero-order chi connectivity index (χ0) is 40.7. The van der Waals surface area contributed by atoms with Crippen LogP contribution in [0.2, 0.25) is 5.02 Å². The molecule has 5 heterocycles. The Morgan fingerprint density at radius 1 is 0.879 bits per heavy atom. The number of halogens is 5. The van der Waals surface area contributed by atoms with E-state index in [1.165, 1.54) is 19.1 Å². The Hall–Kier alpha value is -4.92. The van der Waals surface area contributed by atoms with Crippen LogP contribution in [0.1, 0.15) is 47.9 Å². The van der Waals surface area contributed by atoms with Gasteiger partial charge in [-0.25, -0.2) is 9.37 Å². The van der Waals surface area contributed by atoms with Crippen molar-refractivity contribution in [3.05, 3.63) is 93.8 Å². The molecule has 0 radical (unpaired) electrons. The number of likely N-dealkylation sites (tertiary alicyclic amines) is 1. The van der Waals surface area contributed by atoms with E-state index in [4.69, 9.17) is 30.8 Å². The lowest BCUT2D eigenvalue weighted by Crippen LogP contribution is -2.51. The maximum Gasteiger partial charge on any atom is 0.418 e. The number of aryl methyl sites for hydroxylation is 1. The highest BCUT2D eigenvalue weighted by atomic mass is 35.5. The lowest BCUT2D eigenvalue weighted by molar-refractivity contribution is -0.137. The summed E-state index contributed by atoms with van der Waals surface area (Å²) in [6, 6.07) is 18.2. The maximum absolute atomic E-state index is 17.5. The first-order chi connectivity index (χ1) is 27.9. The highest BCUT2D eigenvalue weighted by Crippen LogP contribution is 2.45. The first-order valence-corrected chi connectivity index (χ1v) is 19.9. The van der Waals surface area contributed by atoms with Crippen LogP contribution in [0, 0.1) is 12.7 Å². The Morgan fingerprint density at radius 2 is 1.50 bits per heavy atom. The summed E-state index contributed by atoms with van der Waals surface area (Å²) in [5.74, 6) is 0.928. The summed E-state index contributed by atoms with van der Waals surface area (Å²) < 4.78 is 79.8. The number of hydrogen-bond donors (Lipinski definition) is 1. The van der Waals surface area contributed by atoms with Crippen molar-refractivity contribution in [1.29, 1.82) is 0 Å². The van der Waals surface area contributed by atoms with Gasteiger partial charge in [0.15, 0.2) is 5.82 Å². The summed E-state index contributed by atoms with van der Waals surface area (Å²) in [4.78, 5) is 20.1. The molecule has 2 aromatic heterocycles. The maximum atomic E-state index is 17.5. The van der Waals surface area contributed by atoms with E-state index in [1.54, 1.807) is 14.2 Å². The third-order valence-electron chi connectivity index (χ3n) is 11.5. The van der Waals surface area contributed by atoms with Crippen LogP contribution in [-0.2, 0) is 19.3 Å². The molecule has 3 fully saturated rings. The van der Waals surface area contributed by atoms with Crippen LogP contribution in [0.3, 0.4) is 0 Å². The number of aromatic nitrogens is 3. The molecule has 1 N–H and O–H groups in total. The molecule has 0 aliphatic carbocycles. The molecule has 3 aromatic carbocycles. The fraction of sp³-hybridized carbons (Fsp3) is 0.419. The quantitative estimate of drug-likeness (QED) is 0.124. The highest BCUT2D eigenvalue weighted by molar-refractivity contribution is 6.34. The van der Waals surface area contributed by atoms with Gasteiger partial charge in [-0.05, 0) is 99.3 Å². The second-order valence-electron chi connectivity index (χ2n) is 15.5. The fourth-order valence-corrected chi connectivity index (χ4v) is 8.77. The van der Waals surface area contributed by atoms with Gasteiger partial charge in [-0.15, -0.1) is 0 Å². The van der Waals surface area contributed by atoms with Crippen LogP contribution >= 0.6 is 11.6 Å². The van der Waals surface area contributed by atoms with Gasteiger partial charge in [0, 0.05) is 49.7 Å². The molecule has 2 bridgehead atoms. The van der Waals surface area contributed by atoms with Crippen molar-refractivity contribution in [1.82, 2.24) is 25.2 Å². The number of rotatable bonds is 12. The summed E-state index contributed by atoms with van der Waals surface area (Å²) >= 11 is 6.94. The number of anilines is 2. The molecule has 0 spiro atoms. The van der Waals surface area contributed by atoms with Gasteiger partial charge in [-0.2, -0.15) is 23.1 Å². The van der Waals surface area contributed by atoms with Gasteiger partial charge in [0.2, 0.25) is 0 Å². The second kappa shape index (κ2) is 16.4. The molecular weight excluding hydrogens is 774 g/mol. The number of nitrogens with one attached hydrogen (secondary N) is 1. The topological polar surface area (TPSA) is 88.1 Å². The zero-order valence-electron chi connectivity index (χ0n) is 32.9. The van der Waals surface area contributed by atoms with Gasteiger partial charge in [-0.1, -0.05) is 35.9 Å². The van der Waals surface area contributed by atoms with Crippen LogP contribution in [0.5, 0.6) is 17.5 Å². The number of benzene rings is 3. The van der Waals surface area contributed by atoms with Crippen LogP contribution in [0.15, 0.2) is 60.7 Å². The van der Waals surface area contributed by atoms with Crippen molar-refractivity contribution in [2.24, 2.45) is 0 Å². The van der Waals surface area contributed by atoms with Crippen LogP contribution in [-0.4, -0.2) is 85.5 Å². The minimum absolute atomic E-state index is 0.0417. The average Bonchev–Trinajstić information content (AvgIpc) is 3.78. The van der Waals surface area contributed by atoms with E-state index < -0.39 is 28.8 Å². The van der Waals surface area contributed by atoms with E-state index in [2.05, 4.69) is 25.1 Å². The summed E-state index contributed by atoms with van der Waals surface area (Å²) in [6.07, 6.45) is -0.946. The van der Waals surface area contributed by atoms with Gasteiger partial charge in [0.25, 0.3) is 0 Å². The average molecular weight is 820 g/mol. The standard InChI is InChI=1S/C43H46ClF4N7O3/c1-25-18-35(54(20-26-7-13-31(56-3)14-8-26)21-27-9-15-32(57-4)16-10-27)50-40(37(25)43(46,47)48)36-34(44)19-33-39(38(36)45)51-42(58-24-30-6-5-17-53(30)2)52-41(33)55-22-28-11-12-29(23-55)49-28/h7-10,13-16,18-19,28-30,49H,5-6,11-12,17,20-24H2,1-4H3/t28?,29?,30-/m0/s1. The zero-order valence-corrected chi connectivity index (χ0v) is 33.6. The van der Waals surface area contributed by atoms with Crippen molar-refractivity contribution in [3.63, 3.8) is 0 Å². The van der Waals surface area contributed by atoms with Crippen LogP contribution in [0.25, 0.3) is 22.2 Å². The van der Waals surface area contributed by atoms with Crippen molar-refractivity contribution in [2.75, 3.05) is 57.3 Å². The minimum atomic E-state index is -4.90. The number of nitrogens with zero attached hydrogens (tertiary/aromatic N) is 6. The number of likely N-dealkylation sites (N-methyl/N-ethyl adjacent to an activating group) is 1. The summed E-state index contributed by atoms with van der Waals surface area (Å²) in [5.41, 5.74) is -0.820. The van der Waals surface area contributed by atoms with Crippen LogP contribution in [0.4, 0.5) is 29.2 Å². The smallest absolute Gasteiger partial charge is 0.418 e. The monoisotopic (exact) mass is 819 g/mol. The largest absolute Gasteiger partial charge is 0.497 e. The summed E-state index contributed by atoms with van der Waals surface area (Å²) in [6.45, 7) is 4.34. The number of alkyl halides is 3. The third-order valence-corrected chi connectivity index (χ3v) is 11.8. The minimum Gasteiger partial charge on any atom is -0.497 e. The molecule has 3 aliphatic rings. The predicted molar refractivity (Wildman–Crippen MR) is 217 cm³/mol. The third kappa shape index (κ3) is 8.19. The Balaban J connectivity index is 1.27. The number of pyridine rings is 1. The number of methoxy groups -OCH3 is 2. The van der Waals surface area contributed by atoms with E-state index in [0.717, 1.165) is 43.4 Å². The first-order valence-electron chi connectivity index (χ1n) is 19.5. The summed E-state index contributed by atoms with van der Waals surface area (Å²) in [5, 5.41) is 3.66. The Kier molecular flexibility index (Phi) is 11.3. The number of ether oxygens (including phenoxy) is 3. The van der Waals surface area contributed by atoms with Crippen molar-refractivity contribution < 1.29 is 31.8 Å². The van der Waals surface area contributed by atoms with Crippen molar-refractivity contribution in [3.8, 4) is 28.8 Å². The molecule has 3 aliphatic heterocycles. The van der Waals surface area contributed by atoms with Crippen molar-refractivity contribution in [2.45, 2.75) is 70.0 Å². The lowest BCUT2D eigenvalue weighted by atomic mass is 9.98. The van der Waals surface area contributed by atoms with Gasteiger partial charge in [0.1, 0.15) is 35.3 Å². The van der Waals surface area contributed by atoms with E-state index in [9.17, 15) is 0 Å². The molecule has 3 saturated heterocycles. The van der Waals surface area contributed by atoms with E-state index in [-0.39, 0.29) is 65.8 Å². The van der Waals surface area contributed by atoms with Crippen LogP contribution < -0.4 is 29.3 Å². The van der Waals surface area contributed by atoms with E-state index in [1.807, 2.05) is 60.5 Å². The molecule has 0 amide bonds.